The molecule has 1 aliphatic heterocycles. The van der Waals surface area contributed by atoms with Crippen molar-refractivity contribution in [3.63, 3.8) is 0 Å². The van der Waals surface area contributed by atoms with Crippen LogP contribution in [0.1, 0.15) is 12.0 Å². The molecule has 0 spiro atoms. The van der Waals surface area contributed by atoms with Gasteiger partial charge in [0, 0.05) is 45.0 Å². The molecule has 0 amide bonds. The minimum absolute atomic E-state index is 0.195. The summed E-state index contributed by atoms with van der Waals surface area (Å²) in [4.78, 5) is 2.26. The third-order valence-electron chi connectivity index (χ3n) is 3.18. The number of nitrogens with zero attached hydrogens (tertiary/aromatic N) is 3. The highest BCUT2D eigenvalue weighted by Gasteiger charge is 2.31. The molecule has 1 saturated heterocycles. The van der Waals surface area contributed by atoms with Crippen molar-refractivity contribution in [2.24, 2.45) is 7.05 Å². The van der Waals surface area contributed by atoms with Crippen molar-refractivity contribution in [2.45, 2.75) is 25.1 Å². The van der Waals surface area contributed by atoms with Crippen LogP contribution < -0.4 is 0 Å². The topological polar surface area (TPSA) is 50.5 Å². The van der Waals surface area contributed by atoms with E-state index in [1.807, 2.05) is 19.4 Å². The second kappa shape index (κ2) is 4.95. The lowest BCUT2D eigenvalue weighted by Gasteiger charge is -2.21. The molecular weight excluding hydrogens is 206 g/mol. The van der Waals surface area contributed by atoms with Gasteiger partial charge >= 0.3 is 0 Å². The van der Waals surface area contributed by atoms with Crippen molar-refractivity contribution in [2.75, 3.05) is 20.3 Å². The summed E-state index contributed by atoms with van der Waals surface area (Å²) in [5.74, 6) is 0. The molecule has 5 nitrogen and oxygen atoms in total. The molecule has 1 N–H and O–H groups in total. The lowest BCUT2D eigenvalue weighted by molar-refractivity contribution is 0.107. The van der Waals surface area contributed by atoms with Crippen LogP contribution in [0.5, 0.6) is 0 Å². The van der Waals surface area contributed by atoms with Crippen LogP contribution in [0.15, 0.2) is 12.4 Å². The van der Waals surface area contributed by atoms with Gasteiger partial charge < -0.3 is 9.84 Å². The Morgan fingerprint density at radius 1 is 1.62 bits per heavy atom. The van der Waals surface area contributed by atoms with Crippen LogP contribution >= 0.6 is 0 Å². The molecule has 0 radical (unpaired) electrons. The van der Waals surface area contributed by atoms with E-state index >= 15 is 0 Å². The summed E-state index contributed by atoms with van der Waals surface area (Å²) >= 11 is 0. The van der Waals surface area contributed by atoms with Crippen LogP contribution in [-0.2, 0) is 18.3 Å². The first kappa shape index (κ1) is 11.6. The van der Waals surface area contributed by atoms with Crippen LogP contribution in [-0.4, -0.2) is 52.2 Å². The number of likely N-dealkylation sites (tertiary alicyclic amines) is 1. The third kappa shape index (κ3) is 2.42. The Kier molecular flexibility index (Phi) is 3.58. The Morgan fingerprint density at radius 2 is 2.44 bits per heavy atom. The zero-order valence-electron chi connectivity index (χ0n) is 9.83. The van der Waals surface area contributed by atoms with Crippen molar-refractivity contribution in [1.82, 2.24) is 14.7 Å². The molecule has 0 bridgehead atoms. The first-order valence-electron chi connectivity index (χ1n) is 5.58. The lowest BCUT2D eigenvalue weighted by Crippen LogP contribution is -2.31. The minimum atomic E-state index is 0.195. The van der Waals surface area contributed by atoms with Gasteiger partial charge in [0.15, 0.2) is 0 Å². The highest BCUT2D eigenvalue weighted by Crippen LogP contribution is 2.21. The van der Waals surface area contributed by atoms with Crippen LogP contribution in [0.2, 0.25) is 0 Å². The van der Waals surface area contributed by atoms with E-state index in [9.17, 15) is 5.11 Å². The molecule has 0 aliphatic carbocycles. The first-order valence-corrected chi connectivity index (χ1v) is 5.58. The molecule has 5 heteroatoms. The Hall–Kier alpha value is -0.910. The van der Waals surface area contributed by atoms with E-state index in [-0.39, 0.29) is 18.8 Å². The van der Waals surface area contributed by atoms with Gasteiger partial charge in [0.2, 0.25) is 0 Å². The summed E-state index contributed by atoms with van der Waals surface area (Å²) in [6, 6.07) is 0.213. The molecule has 16 heavy (non-hydrogen) atoms. The van der Waals surface area contributed by atoms with Crippen molar-refractivity contribution >= 4 is 0 Å². The number of hydrogen-bond acceptors (Lipinski definition) is 4. The summed E-state index contributed by atoms with van der Waals surface area (Å²) in [6.45, 7) is 1.91. The van der Waals surface area contributed by atoms with Crippen LogP contribution in [0, 0.1) is 0 Å². The number of aliphatic hydroxyl groups is 1. The lowest BCUT2D eigenvalue weighted by atomic mass is 10.2. The van der Waals surface area contributed by atoms with E-state index in [2.05, 4.69) is 10.00 Å². The van der Waals surface area contributed by atoms with Crippen LogP contribution in [0.4, 0.5) is 0 Å². The van der Waals surface area contributed by atoms with E-state index in [0.29, 0.717) is 0 Å². The van der Waals surface area contributed by atoms with Gasteiger partial charge in [-0.3, -0.25) is 9.58 Å². The molecule has 1 aliphatic rings. The molecule has 1 aromatic heterocycles. The number of ether oxygens (including phenoxy) is 1. The van der Waals surface area contributed by atoms with Gasteiger partial charge in [-0.25, -0.2) is 0 Å². The van der Waals surface area contributed by atoms with E-state index in [1.54, 1.807) is 11.8 Å². The van der Waals surface area contributed by atoms with Gasteiger partial charge in [-0.05, 0) is 6.42 Å². The number of aryl methyl sites for hydroxylation is 1. The number of rotatable bonds is 4. The molecule has 1 fully saturated rings. The number of aliphatic hydroxyl groups excluding tert-OH is 1. The summed E-state index contributed by atoms with van der Waals surface area (Å²) in [5.41, 5.74) is 1.18. The summed E-state index contributed by atoms with van der Waals surface area (Å²) in [6.07, 6.45) is 5.03. The maximum atomic E-state index is 9.31. The highest BCUT2D eigenvalue weighted by atomic mass is 16.5. The predicted molar refractivity (Wildman–Crippen MR) is 59.9 cm³/mol. The molecule has 1 aromatic rings. The third-order valence-corrected chi connectivity index (χ3v) is 3.18. The SMILES string of the molecule is CO[C@H]1C[C@@H](CO)N(Cc2cnn(C)c2)C1. The predicted octanol–water partition coefficient (Wildman–Crippen LogP) is 0.00170. The molecule has 0 saturated carbocycles. The fourth-order valence-corrected chi connectivity index (χ4v) is 2.28. The first-order chi connectivity index (χ1) is 7.72. The molecule has 2 heterocycles. The normalized spacial score (nSPS) is 26.4. The molecule has 2 atom stereocenters. The average molecular weight is 225 g/mol. The second-order valence-corrected chi connectivity index (χ2v) is 4.38. The van der Waals surface area contributed by atoms with Crippen LogP contribution in [0.25, 0.3) is 0 Å². The maximum Gasteiger partial charge on any atom is 0.0714 e. The number of aromatic nitrogens is 2. The van der Waals surface area contributed by atoms with Crippen molar-refractivity contribution in [3.05, 3.63) is 18.0 Å². The van der Waals surface area contributed by atoms with Gasteiger partial charge in [0.1, 0.15) is 0 Å². The zero-order valence-corrected chi connectivity index (χ0v) is 9.83. The van der Waals surface area contributed by atoms with Gasteiger partial charge in [-0.15, -0.1) is 0 Å². The zero-order chi connectivity index (χ0) is 11.5. The van der Waals surface area contributed by atoms with E-state index in [0.717, 1.165) is 19.5 Å². The molecule has 90 valence electrons. The largest absolute Gasteiger partial charge is 0.395 e. The Bertz CT molecular complexity index is 340. The van der Waals surface area contributed by atoms with Gasteiger partial charge in [0.25, 0.3) is 0 Å². The highest BCUT2D eigenvalue weighted by molar-refractivity contribution is 5.04. The molecule has 0 aromatic carbocycles. The van der Waals surface area contributed by atoms with Crippen LogP contribution in [0.3, 0.4) is 0 Å². The average Bonchev–Trinajstić information content (AvgIpc) is 2.85. The summed E-state index contributed by atoms with van der Waals surface area (Å²) in [5, 5.41) is 13.5. The standard InChI is InChI=1S/C11H19N3O2/c1-13-5-9(4-12-13)6-14-7-11(16-2)3-10(14)8-15/h4-5,10-11,15H,3,6-8H2,1-2H3/t10-,11-/m0/s1. The van der Waals surface area contributed by atoms with Gasteiger partial charge in [-0.2, -0.15) is 5.10 Å². The quantitative estimate of drug-likeness (QED) is 0.784. The van der Waals surface area contributed by atoms with Gasteiger partial charge in [-0.1, -0.05) is 0 Å². The van der Waals surface area contributed by atoms with E-state index in [4.69, 9.17) is 4.74 Å². The molecule has 0 unspecified atom stereocenters. The fraction of sp³-hybridized carbons (Fsp3) is 0.727. The Balaban J connectivity index is 1.98. The molecule has 2 rings (SSSR count). The molecular formula is C11H19N3O2. The van der Waals surface area contributed by atoms with E-state index in [1.165, 1.54) is 5.56 Å². The van der Waals surface area contributed by atoms with E-state index < -0.39 is 0 Å². The second-order valence-electron chi connectivity index (χ2n) is 4.38. The summed E-state index contributed by atoms with van der Waals surface area (Å²) in [7, 11) is 3.64. The summed E-state index contributed by atoms with van der Waals surface area (Å²) < 4.78 is 7.14. The van der Waals surface area contributed by atoms with Crippen molar-refractivity contribution < 1.29 is 9.84 Å². The van der Waals surface area contributed by atoms with Crippen molar-refractivity contribution in [3.8, 4) is 0 Å². The van der Waals surface area contributed by atoms with Gasteiger partial charge in [0.05, 0.1) is 18.9 Å². The number of methoxy groups -OCH3 is 1. The minimum Gasteiger partial charge on any atom is -0.395 e. The van der Waals surface area contributed by atoms with Crippen molar-refractivity contribution in [1.29, 1.82) is 0 Å². The maximum absolute atomic E-state index is 9.31. The smallest absolute Gasteiger partial charge is 0.0714 e. The fourth-order valence-electron chi connectivity index (χ4n) is 2.28. The monoisotopic (exact) mass is 225 g/mol. The number of hydrogen-bond donors (Lipinski definition) is 1. The Labute approximate surface area is 95.6 Å². The Morgan fingerprint density at radius 3 is 3.00 bits per heavy atom.